The summed E-state index contributed by atoms with van der Waals surface area (Å²) in [6.45, 7) is 0. The first-order chi connectivity index (χ1) is 16.1. The second-order valence-corrected chi connectivity index (χ2v) is 8.64. The van der Waals surface area contributed by atoms with E-state index in [2.05, 4.69) is 26.8 Å². The van der Waals surface area contributed by atoms with Crippen molar-refractivity contribution in [3.8, 4) is 28.7 Å². The van der Waals surface area contributed by atoms with Gasteiger partial charge in [0.2, 0.25) is 0 Å². The normalized spacial score (nSPS) is 20.4. The van der Waals surface area contributed by atoms with Crippen molar-refractivity contribution < 1.29 is 9.84 Å². The van der Waals surface area contributed by atoms with E-state index in [4.69, 9.17) is 15.7 Å². The molecule has 0 spiro atoms. The molecule has 5 rings (SSSR count). The molecule has 3 N–H and O–H groups in total. The van der Waals surface area contributed by atoms with Gasteiger partial charge < -0.3 is 20.1 Å². The van der Waals surface area contributed by atoms with Gasteiger partial charge >= 0.3 is 0 Å². The minimum atomic E-state index is -0.889. The maximum Gasteiger partial charge on any atom is 0.146 e. The Morgan fingerprint density at radius 2 is 1.76 bits per heavy atom. The molecule has 2 aromatic carbocycles. The van der Waals surface area contributed by atoms with Gasteiger partial charge in [0.1, 0.15) is 29.3 Å². The fraction of sp³-hybridized carbons (Fsp3) is 0.269. The number of nitriles is 1. The summed E-state index contributed by atoms with van der Waals surface area (Å²) in [7, 11) is 0. The van der Waals surface area contributed by atoms with E-state index in [-0.39, 0.29) is 12.5 Å². The number of aromatic nitrogens is 3. The molecule has 0 radical (unpaired) electrons. The fourth-order valence-electron chi connectivity index (χ4n) is 4.67. The molecular weight excluding hydrogens is 414 g/mol. The zero-order valence-electron chi connectivity index (χ0n) is 18.2. The second-order valence-electron chi connectivity index (χ2n) is 8.64. The van der Waals surface area contributed by atoms with Crippen LogP contribution in [0, 0.1) is 11.3 Å². The number of nitrogen functional groups attached to an aromatic ring is 1. The number of hydrogen-bond donors (Lipinski definition) is 2. The topological polar surface area (TPSA) is 110 Å². The van der Waals surface area contributed by atoms with Crippen LogP contribution in [0.1, 0.15) is 38.1 Å². The Hall–Kier alpha value is -3.89. The summed E-state index contributed by atoms with van der Waals surface area (Å²) in [5, 5.41) is 20.5. The zero-order valence-corrected chi connectivity index (χ0v) is 18.2. The summed E-state index contributed by atoms with van der Waals surface area (Å²) < 4.78 is 8.07. The lowest BCUT2D eigenvalue weighted by Gasteiger charge is -2.35. The summed E-state index contributed by atoms with van der Waals surface area (Å²) in [4.78, 5) is 8.77. The molecule has 0 saturated heterocycles. The molecule has 0 unspecified atom stereocenters. The molecule has 2 heterocycles. The lowest BCUT2D eigenvalue weighted by Crippen LogP contribution is -2.34. The molecule has 1 aliphatic rings. The summed E-state index contributed by atoms with van der Waals surface area (Å²) in [5.74, 6) is 1.98. The van der Waals surface area contributed by atoms with Crippen molar-refractivity contribution in [3.63, 3.8) is 0 Å². The summed E-state index contributed by atoms with van der Waals surface area (Å²) >= 11 is 0. The van der Waals surface area contributed by atoms with Gasteiger partial charge in [0.05, 0.1) is 23.5 Å². The van der Waals surface area contributed by atoms with E-state index in [0.717, 1.165) is 46.5 Å². The molecule has 2 aromatic heterocycles. The van der Waals surface area contributed by atoms with Crippen LogP contribution in [0.2, 0.25) is 0 Å². The van der Waals surface area contributed by atoms with E-state index in [1.807, 2.05) is 54.6 Å². The van der Waals surface area contributed by atoms with Crippen molar-refractivity contribution >= 4 is 16.9 Å². The predicted octanol–water partition coefficient (Wildman–Crippen LogP) is 5.23. The van der Waals surface area contributed by atoms with Crippen LogP contribution in [0.25, 0.3) is 22.2 Å². The molecule has 33 heavy (non-hydrogen) atoms. The number of fused-ring (bicyclic) bond motifs is 1. The monoisotopic (exact) mass is 439 g/mol. The van der Waals surface area contributed by atoms with Crippen molar-refractivity contribution in [2.45, 2.75) is 43.7 Å². The quantitative estimate of drug-likeness (QED) is 0.440. The largest absolute Gasteiger partial charge is 0.457 e. The van der Waals surface area contributed by atoms with Crippen LogP contribution in [0.5, 0.6) is 11.5 Å². The van der Waals surface area contributed by atoms with Crippen LogP contribution in [0.4, 0.5) is 5.82 Å². The zero-order chi connectivity index (χ0) is 22.8. The maximum absolute atomic E-state index is 10.6. The summed E-state index contributed by atoms with van der Waals surface area (Å²) in [6, 6.07) is 19.9. The van der Waals surface area contributed by atoms with Crippen LogP contribution in [0.15, 0.2) is 67.1 Å². The summed E-state index contributed by atoms with van der Waals surface area (Å²) in [5.41, 5.74) is 8.15. The Labute approximate surface area is 192 Å². The number of aliphatic hydroxyl groups is 1. The van der Waals surface area contributed by atoms with Gasteiger partial charge in [0.25, 0.3) is 0 Å². The van der Waals surface area contributed by atoms with Crippen LogP contribution < -0.4 is 10.5 Å². The average Bonchev–Trinajstić information content (AvgIpc) is 3.22. The highest BCUT2D eigenvalue weighted by molar-refractivity contribution is 6.00. The number of ether oxygens (including phenoxy) is 1. The lowest BCUT2D eigenvalue weighted by atomic mass is 9.80. The summed E-state index contributed by atoms with van der Waals surface area (Å²) in [6.07, 6.45) is 6.47. The number of benzene rings is 2. The maximum atomic E-state index is 10.6. The standard InChI is InChI=1S/C26H25N5O2/c27-15-14-26(32)12-10-19(11-13-26)31-16-22(23-24(28)29-17-30-25(23)31)18-6-8-21(9-7-18)33-20-4-2-1-3-5-20/h1-9,16-17,19,32H,10-14H2,(H2,28,29,30). The van der Waals surface area contributed by atoms with Gasteiger partial charge in [-0.2, -0.15) is 5.26 Å². The Morgan fingerprint density at radius 3 is 2.45 bits per heavy atom. The van der Waals surface area contributed by atoms with Crippen LogP contribution in [0.3, 0.4) is 0 Å². The van der Waals surface area contributed by atoms with Crippen molar-refractivity contribution in [2.24, 2.45) is 0 Å². The van der Waals surface area contributed by atoms with E-state index in [1.165, 1.54) is 6.33 Å². The van der Waals surface area contributed by atoms with Crippen molar-refractivity contribution in [2.75, 3.05) is 5.73 Å². The first-order valence-electron chi connectivity index (χ1n) is 11.1. The van der Waals surface area contributed by atoms with Gasteiger partial charge in [-0.3, -0.25) is 0 Å². The molecule has 4 aromatic rings. The minimum Gasteiger partial charge on any atom is -0.457 e. The Morgan fingerprint density at radius 1 is 1.06 bits per heavy atom. The SMILES string of the molecule is N#CCC1(O)CCC(n2cc(-c3ccc(Oc4ccccc4)cc3)c3c(N)ncnc32)CC1. The van der Waals surface area contributed by atoms with E-state index >= 15 is 0 Å². The van der Waals surface area contributed by atoms with Gasteiger partial charge in [-0.05, 0) is 55.5 Å². The van der Waals surface area contributed by atoms with Gasteiger partial charge in [-0.15, -0.1) is 0 Å². The van der Waals surface area contributed by atoms with Crippen LogP contribution in [-0.2, 0) is 0 Å². The highest BCUT2D eigenvalue weighted by atomic mass is 16.5. The molecular formula is C26H25N5O2. The average molecular weight is 440 g/mol. The molecule has 0 amide bonds. The predicted molar refractivity (Wildman–Crippen MR) is 127 cm³/mol. The second kappa shape index (κ2) is 8.57. The molecule has 1 saturated carbocycles. The van der Waals surface area contributed by atoms with Gasteiger partial charge in [0, 0.05) is 17.8 Å². The number of hydrogen-bond acceptors (Lipinski definition) is 6. The third-order valence-electron chi connectivity index (χ3n) is 6.47. The lowest BCUT2D eigenvalue weighted by molar-refractivity contribution is -0.00279. The molecule has 0 aliphatic heterocycles. The molecule has 7 heteroatoms. The van der Waals surface area contributed by atoms with E-state index in [9.17, 15) is 5.11 Å². The van der Waals surface area contributed by atoms with Gasteiger partial charge in [-0.1, -0.05) is 30.3 Å². The molecule has 1 aliphatic carbocycles. The molecule has 7 nitrogen and oxygen atoms in total. The molecule has 0 atom stereocenters. The van der Waals surface area contributed by atoms with Gasteiger partial charge in [-0.25, -0.2) is 9.97 Å². The van der Waals surface area contributed by atoms with E-state index in [0.29, 0.717) is 18.7 Å². The minimum absolute atomic E-state index is 0.171. The number of rotatable bonds is 5. The third kappa shape index (κ3) is 4.13. The molecule has 166 valence electrons. The van der Waals surface area contributed by atoms with E-state index in [1.54, 1.807) is 0 Å². The number of nitrogens with zero attached hydrogens (tertiary/aromatic N) is 4. The van der Waals surface area contributed by atoms with E-state index < -0.39 is 5.60 Å². The number of anilines is 1. The number of nitrogens with two attached hydrogens (primary N) is 1. The van der Waals surface area contributed by atoms with Crippen LogP contribution in [-0.4, -0.2) is 25.2 Å². The highest BCUT2D eigenvalue weighted by Gasteiger charge is 2.34. The van der Waals surface area contributed by atoms with Crippen molar-refractivity contribution in [3.05, 3.63) is 67.1 Å². The number of para-hydroxylation sites is 1. The van der Waals surface area contributed by atoms with Crippen molar-refractivity contribution in [1.82, 2.24) is 14.5 Å². The smallest absolute Gasteiger partial charge is 0.146 e. The van der Waals surface area contributed by atoms with Gasteiger partial charge in [0.15, 0.2) is 0 Å². The molecule has 0 bridgehead atoms. The Balaban J connectivity index is 1.46. The molecule has 1 fully saturated rings. The Bertz CT molecular complexity index is 1300. The first-order valence-corrected chi connectivity index (χ1v) is 11.1. The highest BCUT2D eigenvalue weighted by Crippen LogP contribution is 2.41. The fourth-order valence-corrected chi connectivity index (χ4v) is 4.67. The van der Waals surface area contributed by atoms with Crippen molar-refractivity contribution in [1.29, 1.82) is 5.26 Å². The first kappa shape index (κ1) is 21.0. The third-order valence-corrected chi connectivity index (χ3v) is 6.47. The van der Waals surface area contributed by atoms with Crippen LogP contribution >= 0.6 is 0 Å². The Kier molecular flexibility index (Phi) is 5.45.